The lowest BCUT2D eigenvalue weighted by Gasteiger charge is -2.24. The molecule has 1 aromatic carbocycles. The second-order valence-corrected chi connectivity index (χ2v) is 7.24. The number of nitrogens with one attached hydrogen (secondary N) is 1. The number of rotatable bonds is 2. The highest BCUT2D eigenvalue weighted by Crippen LogP contribution is 2.35. The number of halogens is 1. The van der Waals surface area contributed by atoms with Crippen LogP contribution in [0.2, 0.25) is 0 Å². The van der Waals surface area contributed by atoms with E-state index in [2.05, 4.69) is 26.0 Å². The number of benzene rings is 1. The number of nitrogens with zero attached hydrogens (tertiary/aromatic N) is 3. The summed E-state index contributed by atoms with van der Waals surface area (Å²) >= 11 is 3.55. The molecule has 0 spiro atoms. The third kappa shape index (κ3) is 2.45. The van der Waals surface area contributed by atoms with E-state index in [1.54, 1.807) is 0 Å². The zero-order valence-corrected chi connectivity index (χ0v) is 15.3. The molecule has 1 atom stereocenters. The number of aromatic nitrogens is 3. The van der Waals surface area contributed by atoms with Crippen LogP contribution in [0.1, 0.15) is 40.6 Å². The Morgan fingerprint density at radius 3 is 2.96 bits per heavy atom. The summed E-state index contributed by atoms with van der Waals surface area (Å²) in [6, 6.07) is 7.99. The SMILES string of the molecule is Cc1nn(C)cc1C1CCCN1C(=O)c1cc2c(Br)cccc2[nH]1. The zero-order valence-electron chi connectivity index (χ0n) is 13.7. The Kier molecular flexibility index (Phi) is 3.72. The van der Waals surface area contributed by atoms with Gasteiger partial charge in [0.05, 0.1) is 11.7 Å². The van der Waals surface area contributed by atoms with Gasteiger partial charge in [-0.15, -0.1) is 0 Å². The van der Waals surface area contributed by atoms with Crippen LogP contribution in [0.25, 0.3) is 10.9 Å². The number of aromatic amines is 1. The molecule has 1 aliphatic rings. The van der Waals surface area contributed by atoms with Crippen molar-refractivity contribution in [3.8, 4) is 0 Å². The summed E-state index contributed by atoms with van der Waals surface area (Å²) in [5.74, 6) is 0.0591. The summed E-state index contributed by atoms with van der Waals surface area (Å²) in [5.41, 5.74) is 3.77. The molecule has 1 fully saturated rings. The fourth-order valence-corrected chi connectivity index (χ4v) is 4.15. The lowest BCUT2D eigenvalue weighted by molar-refractivity contribution is 0.0730. The highest BCUT2D eigenvalue weighted by Gasteiger charge is 2.33. The van der Waals surface area contributed by atoms with Crippen LogP contribution in [-0.2, 0) is 7.05 Å². The van der Waals surface area contributed by atoms with E-state index in [0.29, 0.717) is 5.69 Å². The van der Waals surface area contributed by atoms with E-state index in [-0.39, 0.29) is 11.9 Å². The average Bonchev–Trinajstić information content (AvgIpc) is 3.24. The van der Waals surface area contributed by atoms with Crippen LogP contribution in [0, 0.1) is 6.92 Å². The minimum absolute atomic E-state index is 0.0591. The first-order chi connectivity index (χ1) is 11.5. The van der Waals surface area contributed by atoms with Crippen molar-refractivity contribution in [2.24, 2.45) is 7.05 Å². The number of aryl methyl sites for hydroxylation is 2. The van der Waals surface area contributed by atoms with Gasteiger partial charge in [-0.1, -0.05) is 22.0 Å². The summed E-state index contributed by atoms with van der Waals surface area (Å²) in [7, 11) is 1.92. The quantitative estimate of drug-likeness (QED) is 0.724. The monoisotopic (exact) mass is 386 g/mol. The Morgan fingerprint density at radius 2 is 2.25 bits per heavy atom. The molecular formula is C18H19BrN4O. The second-order valence-electron chi connectivity index (χ2n) is 6.38. The second kappa shape index (κ2) is 5.77. The predicted octanol–water partition coefficient (Wildman–Crippen LogP) is 3.95. The Hall–Kier alpha value is -2.08. The molecule has 0 saturated carbocycles. The number of fused-ring (bicyclic) bond motifs is 1. The molecule has 1 saturated heterocycles. The zero-order chi connectivity index (χ0) is 16.8. The van der Waals surface area contributed by atoms with Crippen LogP contribution in [0.3, 0.4) is 0 Å². The molecule has 1 aliphatic heterocycles. The first-order valence-corrected chi connectivity index (χ1v) is 8.92. The van der Waals surface area contributed by atoms with Crippen LogP contribution < -0.4 is 0 Å². The largest absolute Gasteiger partial charge is 0.350 e. The van der Waals surface area contributed by atoms with Gasteiger partial charge in [0.2, 0.25) is 0 Å². The number of amides is 1. The molecule has 4 rings (SSSR count). The van der Waals surface area contributed by atoms with E-state index >= 15 is 0 Å². The van der Waals surface area contributed by atoms with Crippen molar-refractivity contribution >= 4 is 32.7 Å². The number of hydrogen-bond donors (Lipinski definition) is 1. The van der Waals surface area contributed by atoms with Crippen molar-refractivity contribution in [3.05, 3.63) is 51.9 Å². The van der Waals surface area contributed by atoms with Crippen LogP contribution in [0.15, 0.2) is 34.9 Å². The minimum atomic E-state index is 0.0591. The van der Waals surface area contributed by atoms with Crippen LogP contribution in [-0.4, -0.2) is 32.1 Å². The first kappa shape index (κ1) is 15.4. The lowest BCUT2D eigenvalue weighted by atomic mass is 10.1. The van der Waals surface area contributed by atoms with E-state index in [4.69, 9.17) is 0 Å². The Labute approximate surface area is 148 Å². The molecule has 0 bridgehead atoms. The maximum absolute atomic E-state index is 13.1. The third-order valence-electron chi connectivity index (χ3n) is 4.77. The topological polar surface area (TPSA) is 53.9 Å². The Morgan fingerprint density at radius 1 is 1.42 bits per heavy atom. The van der Waals surface area contributed by atoms with Crippen molar-refractivity contribution < 1.29 is 4.79 Å². The van der Waals surface area contributed by atoms with E-state index in [1.807, 2.05) is 54.0 Å². The molecule has 6 heteroatoms. The molecule has 5 nitrogen and oxygen atoms in total. The fourth-order valence-electron chi connectivity index (χ4n) is 3.67. The lowest BCUT2D eigenvalue weighted by Crippen LogP contribution is -2.31. The summed E-state index contributed by atoms with van der Waals surface area (Å²) in [5, 5.41) is 5.47. The molecule has 124 valence electrons. The van der Waals surface area contributed by atoms with E-state index in [0.717, 1.165) is 46.0 Å². The number of carbonyl (C=O) groups is 1. The fraction of sp³-hybridized carbons (Fsp3) is 0.333. The number of carbonyl (C=O) groups excluding carboxylic acids is 1. The number of hydrogen-bond acceptors (Lipinski definition) is 2. The molecule has 3 aromatic rings. The molecular weight excluding hydrogens is 368 g/mol. The molecule has 0 radical (unpaired) electrons. The molecule has 1 unspecified atom stereocenters. The number of likely N-dealkylation sites (tertiary alicyclic amines) is 1. The molecule has 2 aromatic heterocycles. The summed E-state index contributed by atoms with van der Waals surface area (Å²) in [6.07, 6.45) is 4.05. The maximum atomic E-state index is 13.1. The highest BCUT2D eigenvalue weighted by atomic mass is 79.9. The maximum Gasteiger partial charge on any atom is 0.270 e. The van der Waals surface area contributed by atoms with Gasteiger partial charge in [-0.25, -0.2) is 0 Å². The average molecular weight is 387 g/mol. The minimum Gasteiger partial charge on any atom is -0.350 e. The predicted molar refractivity (Wildman–Crippen MR) is 97.0 cm³/mol. The van der Waals surface area contributed by atoms with E-state index < -0.39 is 0 Å². The number of H-pyrrole nitrogens is 1. The van der Waals surface area contributed by atoms with Gasteiger partial charge >= 0.3 is 0 Å². The smallest absolute Gasteiger partial charge is 0.270 e. The van der Waals surface area contributed by atoms with Gasteiger partial charge in [-0.05, 0) is 38.0 Å². The van der Waals surface area contributed by atoms with Gasteiger partial charge in [0.1, 0.15) is 5.69 Å². The third-order valence-corrected chi connectivity index (χ3v) is 5.46. The van der Waals surface area contributed by atoms with Crippen LogP contribution in [0.5, 0.6) is 0 Å². The van der Waals surface area contributed by atoms with Gasteiger partial charge in [0.25, 0.3) is 5.91 Å². The molecule has 0 aliphatic carbocycles. The Balaban J connectivity index is 1.69. The van der Waals surface area contributed by atoms with Gasteiger partial charge in [-0.2, -0.15) is 5.10 Å². The van der Waals surface area contributed by atoms with Crippen molar-refractivity contribution in [2.45, 2.75) is 25.8 Å². The van der Waals surface area contributed by atoms with E-state index in [1.165, 1.54) is 0 Å². The summed E-state index contributed by atoms with van der Waals surface area (Å²) < 4.78 is 2.82. The molecule has 3 heterocycles. The van der Waals surface area contributed by atoms with Crippen molar-refractivity contribution in [3.63, 3.8) is 0 Å². The van der Waals surface area contributed by atoms with Crippen LogP contribution in [0.4, 0.5) is 0 Å². The summed E-state index contributed by atoms with van der Waals surface area (Å²) in [6.45, 7) is 2.80. The van der Waals surface area contributed by atoms with Gasteiger partial charge in [0.15, 0.2) is 0 Å². The Bertz CT molecular complexity index is 926. The van der Waals surface area contributed by atoms with Gasteiger partial charge in [-0.3, -0.25) is 9.48 Å². The molecule has 1 amide bonds. The van der Waals surface area contributed by atoms with Gasteiger partial charge in [0, 0.05) is 40.7 Å². The highest BCUT2D eigenvalue weighted by molar-refractivity contribution is 9.10. The first-order valence-electron chi connectivity index (χ1n) is 8.13. The van der Waals surface area contributed by atoms with Crippen molar-refractivity contribution in [1.82, 2.24) is 19.7 Å². The van der Waals surface area contributed by atoms with Crippen molar-refractivity contribution in [1.29, 1.82) is 0 Å². The normalized spacial score (nSPS) is 17.8. The van der Waals surface area contributed by atoms with Gasteiger partial charge < -0.3 is 9.88 Å². The molecule has 24 heavy (non-hydrogen) atoms. The van der Waals surface area contributed by atoms with Crippen molar-refractivity contribution in [2.75, 3.05) is 6.54 Å². The molecule has 1 N–H and O–H groups in total. The standard InChI is InChI=1S/C18H19BrN4O/c1-11-13(10-22(2)21-11)17-7-4-8-23(17)18(24)16-9-12-14(19)5-3-6-15(12)20-16/h3,5-6,9-10,17,20H,4,7-8H2,1-2H3. The summed E-state index contributed by atoms with van der Waals surface area (Å²) in [4.78, 5) is 18.3. The van der Waals surface area contributed by atoms with Crippen LogP contribution >= 0.6 is 15.9 Å². The van der Waals surface area contributed by atoms with E-state index in [9.17, 15) is 4.79 Å².